The van der Waals surface area contributed by atoms with Crippen LogP contribution in [0.1, 0.15) is 24.3 Å². The number of ether oxygens (including phenoxy) is 1. The number of alkyl halides is 3. The molecule has 1 atom stereocenters. The Balaban J connectivity index is 2.03. The first kappa shape index (κ1) is 18.8. The van der Waals surface area contributed by atoms with Crippen molar-refractivity contribution in [3.63, 3.8) is 0 Å². The molecule has 1 aromatic heterocycles. The van der Waals surface area contributed by atoms with Gasteiger partial charge in [-0.25, -0.2) is 0 Å². The van der Waals surface area contributed by atoms with Crippen molar-refractivity contribution < 1.29 is 27.5 Å². The minimum Gasteiger partial charge on any atom is -0.406 e. The zero-order valence-corrected chi connectivity index (χ0v) is 13.9. The van der Waals surface area contributed by atoms with Crippen LogP contribution in [0, 0.1) is 0 Å². The van der Waals surface area contributed by atoms with Crippen LogP contribution in [0.2, 0.25) is 0 Å². The molecule has 0 radical (unpaired) electrons. The van der Waals surface area contributed by atoms with E-state index in [0.29, 0.717) is 0 Å². The summed E-state index contributed by atoms with van der Waals surface area (Å²) in [6.45, 7) is 1.34. The number of halogens is 3. The second-order valence-electron chi connectivity index (χ2n) is 5.10. The molecule has 0 saturated heterocycles. The van der Waals surface area contributed by atoms with Crippen LogP contribution in [0.4, 0.5) is 18.9 Å². The van der Waals surface area contributed by atoms with Gasteiger partial charge in [0.15, 0.2) is 0 Å². The van der Waals surface area contributed by atoms with Crippen LogP contribution < -0.4 is 15.4 Å². The Morgan fingerprint density at radius 1 is 1.24 bits per heavy atom. The van der Waals surface area contributed by atoms with Gasteiger partial charge in [-0.05, 0) is 23.6 Å². The van der Waals surface area contributed by atoms with Crippen molar-refractivity contribution in [3.05, 3.63) is 46.7 Å². The van der Waals surface area contributed by atoms with Gasteiger partial charge in [0.2, 0.25) is 11.8 Å². The van der Waals surface area contributed by atoms with Crippen molar-refractivity contribution in [2.75, 3.05) is 5.32 Å². The maximum atomic E-state index is 12.2. The van der Waals surface area contributed by atoms with Crippen LogP contribution in [0.15, 0.2) is 41.8 Å². The highest BCUT2D eigenvalue weighted by atomic mass is 32.1. The minimum absolute atomic E-state index is 0.0511. The smallest absolute Gasteiger partial charge is 0.406 e. The van der Waals surface area contributed by atoms with Crippen molar-refractivity contribution in [1.82, 2.24) is 5.32 Å². The van der Waals surface area contributed by atoms with Gasteiger partial charge in [0.25, 0.3) is 0 Å². The van der Waals surface area contributed by atoms with E-state index in [1.165, 1.54) is 30.4 Å². The summed E-state index contributed by atoms with van der Waals surface area (Å²) >= 11 is 1.39. The molecule has 2 rings (SSSR count). The molecule has 0 aliphatic carbocycles. The maximum Gasteiger partial charge on any atom is 0.573 e. The minimum atomic E-state index is -4.81. The van der Waals surface area contributed by atoms with Crippen LogP contribution in [0.3, 0.4) is 0 Å². The number of anilines is 1. The highest BCUT2D eigenvalue weighted by molar-refractivity contribution is 7.10. The monoisotopic (exact) mass is 372 g/mol. The Labute approximate surface area is 145 Å². The van der Waals surface area contributed by atoms with Gasteiger partial charge in [-0.2, -0.15) is 0 Å². The number of nitrogens with one attached hydrogen (secondary N) is 2. The van der Waals surface area contributed by atoms with Gasteiger partial charge in [-0.15, -0.1) is 24.5 Å². The number of amides is 2. The second-order valence-corrected chi connectivity index (χ2v) is 6.08. The summed E-state index contributed by atoms with van der Waals surface area (Å²) < 4.78 is 40.5. The number of carbonyl (C=O) groups is 2. The molecular weight excluding hydrogens is 357 g/mol. The summed E-state index contributed by atoms with van der Waals surface area (Å²) in [7, 11) is 0. The van der Waals surface area contributed by atoms with Crippen LogP contribution in [0.5, 0.6) is 5.75 Å². The standard InChI is InChI=1S/C16H15F3N2O3S/c1-10(22)20-13(14-6-3-7-25-14)9-15(23)21-11-4-2-5-12(8-11)24-16(17,18)19/h2-8,13H,9H2,1H3,(H,20,22)(H,21,23). The second kappa shape index (κ2) is 8.02. The van der Waals surface area contributed by atoms with Gasteiger partial charge >= 0.3 is 6.36 Å². The van der Waals surface area contributed by atoms with E-state index in [9.17, 15) is 22.8 Å². The molecular formula is C16H15F3N2O3S. The zero-order chi connectivity index (χ0) is 18.4. The van der Waals surface area contributed by atoms with Crippen molar-refractivity contribution in [3.8, 4) is 5.75 Å². The van der Waals surface area contributed by atoms with E-state index in [1.54, 1.807) is 12.1 Å². The lowest BCUT2D eigenvalue weighted by atomic mass is 10.1. The Hall–Kier alpha value is -2.55. The number of carbonyl (C=O) groups excluding carboxylic acids is 2. The normalized spacial score (nSPS) is 12.3. The topological polar surface area (TPSA) is 67.4 Å². The third-order valence-corrected chi connectivity index (χ3v) is 3.99. The predicted molar refractivity (Wildman–Crippen MR) is 87.2 cm³/mol. The van der Waals surface area contributed by atoms with E-state index >= 15 is 0 Å². The summed E-state index contributed by atoms with van der Waals surface area (Å²) in [6, 6.07) is 8.06. The summed E-state index contributed by atoms with van der Waals surface area (Å²) in [5.41, 5.74) is 0.166. The van der Waals surface area contributed by atoms with E-state index in [0.717, 1.165) is 17.0 Å². The van der Waals surface area contributed by atoms with Crippen LogP contribution >= 0.6 is 11.3 Å². The van der Waals surface area contributed by atoms with E-state index in [1.807, 2.05) is 5.38 Å². The highest BCUT2D eigenvalue weighted by Crippen LogP contribution is 2.26. The number of thiophene rings is 1. The van der Waals surface area contributed by atoms with E-state index in [2.05, 4.69) is 15.4 Å². The summed E-state index contributed by atoms with van der Waals surface area (Å²) in [4.78, 5) is 24.3. The number of rotatable bonds is 6. The number of hydrogen-bond donors (Lipinski definition) is 2. The van der Waals surface area contributed by atoms with Crippen LogP contribution in [-0.4, -0.2) is 18.2 Å². The van der Waals surface area contributed by atoms with Gasteiger partial charge in [-0.3, -0.25) is 9.59 Å². The lowest BCUT2D eigenvalue weighted by molar-refractivity contribution is -0.274. The molecule has 0 spiro atoms. The van der Waals surface area contributed by atoms with Gasteiger partial charge in [-0.1, -0.05) is 12.1 Å². The van der Waals surface area contributed by atoms with Crippen LogP contribution in [-0.2, 0) is 9.59 Å². The summed E-state index contributed by atoms with van der Waals surface area (Å²) in [6.07, 6.45) is -4.86. The molecule has 0 aliphatic heterocycles. The van der Waals surface area contributed by atoms with Crippen molar-refractivity contribution in [2.45, 2.75) is 25.7 Å². The first-order chi connectivity index (χ1) is 11.7. The van der Waals surface area contributed by atoms with E-state index in [4.69, 9.17) is 0 Å². The largest absolute Gasteiger partial charge is 0.573 e. The molecule has 1 unspecified atom stereocenters. The lowest BCUT2D eigenvalue weighted by Crippen LogP contribution is -2.29. The fourth-order valence-corrected chi connectivity index (χ4v) is 2.90. The first-order valence-corrected chi connectivity index (χ1v) is 8.07. The average Bonchev–Trinajstić information content (AvgIpc) is 2.98. The molecule has 0 aliphatic rings. The predicted octanol–water partition coefficient (Wildman–Crippen LogP) is 3.85. The van der Waals surface area contributed by atoms with Crippen molar-refractivity contribution in [1.29, 1.82) is 0 Å². The van der Waals surface area contributed by atoms with Crippen molar-refractivity contribution >= 4 is 28.8 Å². The molecule has 2 aromatic rings. The third-order valence-electron chi connectivity index (χ3n) is 3.01. The Bertz CT molecular complexity index is 732. The SMILES string of the molecule is CC(=O)NC(CC(=O)Nc1cccc(OC(F)(F)F)c1)c1cccs1. The molecule has 5 nitrogen and oxygen atoms in total. The average molecular weight is 372 g/mol. The summed E-state index contributed by atoms with van der Waals surface area (Å²) in [5, 5.41) is 7.00. The fourth-order valence-electron chi connectivity index (χ4n) is 2.13. The van der Waals surface area contributed by atoms with E-state index in [-0.39, 0.29) is 18.0 Å². The third kappa shape index (κ3) is 6.46. The van der Waals surface area contributed by atoms with Crippen molar-refractivity contribution in [2.24, 2.45) is 0 Å². The van der Waals surface area contributed by atoms with Gasteiger partial charge in [0.1, 0.15) is 5.75 Å². The molecule has 134 valence electrons. The number of benzene rings is 1. The molecule has 1 heterocycles. The highest BCUT2D eigenvalue weighted by Gasteiger charge is 2.31. The quantitative estimate of drug-likeness (QED) is 0.809. The Morgan fingerprint density at radius 2 is 2.00 bits per heavy atom. The van der Waals surface area contributed by atoms with Gasteiger partial charge in [0.05, 0.1) is 12.5 Å². The summed E-state index contributed by atoms with van der Waals surface area (Å²) in [5.74, 6) is -1.16. The molecule has 0 bridgehead atoms. The lowest BCUT2D eigenvalue weighted by Gasteiger charge is -2.16. The molecule has 25 heavy (non-hydrogen) atoms. The first-order valence-electron chi connectivity index (χ1n) is 7.19. The molecule has 2 amide bonds. The molecule has 2 N–H and O–H groups in total. The van der Waals surface area contributed by atoms with E-state index < -0.39 is 24.1 Å². The zero-order valence-electron chi connectivity index (χ0n) is 13.1. The molecule has 0 saturated carbocycles. The fraction of sp³-hybridized carbons (Fsp3) is 0.250. The van der Waals surface area contributed by atoms with Crippen LogP contribution in [0.25, 0.3) is 0 Å². The Morgan fingerprint density at radius 3 is 2.60 bits per heavy atom. The Kier molecular flexibility index (Phi) is 6.02. The molecule has 1 aromatic carbocycles. The number of hydrogen-bond acceptors (Lipinski definition) is 4. The van der Waals surface area contributed by atoms with Gasteiger partial charge < -0.3 is 15.4 Å². The van der Waals surface area contributed by atoms with Gasteiger partial charge in [0, 0.05) is 23.6 Å². The molecule has 9 heteroatoms. The molecule has 0 fully saturated rings. The maximum absolute atomic E-state index is 12.2.